The van der Waals surface area contributed by atoms with Gasteiger partial charge in [0.1, 0.15) is 5.00 Å². The van der Waals surface area contributed by atoms with Crippen molar-refractivity contribution < 1.29 is 14.1 Å². The minimum absolute atomic E-state index is 0.0965. The van der Waals surface area contributed by atoms with Crippen molar-refractivity contribution in [2.75, 3.05) is 11.1 Å². The maximum absolute atomic E-state index is 11.4. The molecule has 5 N–H and O–H groups in total. The number of carbonyl (C=O) groups is 2. The molecule has 8 nitrogen and oxygen atoms in total. The van der Waals surface area contributed by atoms with Gasteiger partial charge in [0.2, 0.25) is 5.89 Å². The standard InChI is InChI=1S/C11H13N5O3S/c1-4(17)9-8(12)7(10(13)18)11(20-9)14-3-6-15-5(2)16-19-6/h14H,3,12H2,1-2H3,(H2,13,18). The second kappa shape index (κ2) is 5.29. The number of nitrogen functional groups attached to an aromatic ring is 1. The summed E-state index contributed by atoms with van der Waals surface area (Å²) in [6.07, 6.45) is 0. The third kappa shape index (κ3) is 2.62. The highest BCUT2D eigenvalue weighted by Crippen LogP contribution is 2.35. The van der Waals surface area contributed by atoms with Crippen LogP contribution in [-0.4, -0.2) is 21.8 Å². The van der Waals surface area contributed by atoms with Gasteiger partial charge >= 0.3 is 0 Å². The summed E-state index contributed by atoms with van der Waals surface area (Å²) in [6.45, 7) is 3.27. The summed E-state index contributed by atoms with van der Waals surface area (Å²) in [5.74, 6) is -0.0616. The maximum Gasteiger partial charge on any atom is 0.253 e. The summed E-state index contributed by atoms with van der Waals surface area (Å²) in [4.78, 5) is 27.2. The normalized spacial score (nSPS) is 10.5. The lowest BCUT2D eigenvalue weighted by Gasteiger charge is -2.02. The number of nitrogens with zero attached hydrogens (tertiary/aromatic N) is 2. The van der Waals surface area contributed by atoms with Crippen molar-refractivity contribution in [3.63, 3.8) is 0 Å². The lowest BCUT2D eigenvalue weighted by molar-refractivity contribution is 0.100. The van der Waals surface area contributed by atoms with E-state index in [1.165, 1.54) is 6.92 Å². The number of nitrogens with two attached hydrogens (primary N) is 2. The number of ketones is 1. The Kier molecular flexibility index (Phi) is 3.70. The van der Waals surface area contributed by atoms with E-state index in [9.17, 15) is 9.59 Å². The summed E-state index contributed by atoms with van der Waals surface area (Å²) in [7, 11) is 0. The van der Waals surface area contributed by atoms with Crippen LogP contribution in [0.1, 0.15) is 38.7 Å². The zero-order valence-electron chi connectivity index (χ0n) is 10.9. The highest BCUT2D eigenvalue weighted by atomic mass is 32.1. The van der Waals surface area contributed by atoms with E-state index in [0.717, 1.165) is 11.3 Å². The van der Waals surface area contributed by atoms with Gasteiger partial charge in [-0.2, -0.15) is 4.98 Å². The van der Waals surface area contributed by atoms with E-state index < -0.39 is 5.91 Å². The fourth-order valence-electron chi connectivity index (χ4n) is 1.64. The molecule has 106 valence electrons. The van der Waals surface area contributed by atoms with Crippen LogP contribution in [0, 0.1) is 6.92 Å². The second-order valence-corrected chi connectivity index (χ2v) is 5.08. The number of Topliss-reactive ketones (excluding diaryl/α,β-unsaturated/α-hetero) is 1. The molecule has 0 aliphatic rings. The Labute approximate surface area is 118 Å². The third-order valence-corrected chi connectivity index (χ3v) is 3.75. The average Bonchev–Trinajstić information content (AvgIpc) is 2.90. The van der Waals surface area contributed by atoms with E-state index in [1.54, 1.807) is 6.92 Å². The molecule has 2 heterocycles. The Bertz CT molecular complexity index is 676. The van der Waals surface area contributed by atoms with Gasteiger partial charge in [-0.1, -0.05) is 5.16 Å². The van der Waals surface area contributed by atoms with E-state index >= 15 is 0 Å². The fourth-order valence-corrected chi connectivity index (χ4v) is 2.66. The lowest BCUT2D eigenvalue weighted by Crippen LogP contribution is -2.15. The van der Waals surface area contributed by atoms with Crippen molar-refractivity contribution in [2.45, 2.75) is 20.4 Å². The molecule has 0 unspecified atom stereocenters. The van der Waals surface area contributed by atoms with Gasteiger partial charge in [-0.3, -0.25) is 9.59 Å². The predicted octanol–water partition coefficient (Wildman–Crippen LogP) is 0.935. The molecule has 2 aromatic heterocycles. The van der Waals surface area contributed by atoms with Gasteiger partial charge in [0.15, 0.2) is 11.6 Å². The van der Waals surface area contributed by atoms with Crippen LogP contribution in [0.25, 0.3) is 0 Å². The first-order valence-electron chi connectivity index (χ1n) is 5.66. The molecule has 0 aliphatic heterocycles. The van der Waals surface area contributed by atoms with Crippen LogP contribution >= 0.6 is 11.3 Å². The van der Waals surface area contributed by atoms with Gasteiger partial charge in [-0.15, -0.1) is 11.3 Å². The second-order valence-electron chi connectivity index (χ2n) is 4.06. The van der Waals surface area contributed by atoms with Crippen molar-refractivity contribution in [3.05, 3.63) is 22.2 Å². The van der Waals surface area contributed by atoms with E-state index in [1.807, 2.05) is 0 Å². The van der Waals surface area contributed by atoms with Crippen LogP contribution in [0.3, 0.4) is 0 Å². The number of aryl methyl sites for hydroxylation is 1. The number of nitrogens with one attached hydrogen (secondary N) is 1. The van der Waals surface area contributed by atoms with Gasteiger partial charge < -0.3 is 21.3 Å². The quantitative estimate of drug-likeness (QED) is 0.698. The molecule has 0 spiro atoms. The number of thiophene rings is 1. The molecule has 0 saturated heterocycles. The third-order valence-electron chi connectivity index (χ3n) is 2.48. The van der Waals surface area contributed by atoms with Gasteiger partial charge in [0.05, 0.1) is 22.7 Å². The van der Waals surface area contributed by atoms with Crippen molar-refractivity contribution in [1.29, 1.82) is 0 Å². The SMILES string of the molecule is CC(=O)c1sc(NCc2nc(C)no2)c(C(N)=O)c1N. The molecule has 0 radical (unpaired) electrons. The Hall–Kier alpha value is -2.42. The van der Waals surface area contributed by atoms with E-state index in [-0.39, 0.29) is 23.6 Å². The van der Waals surface area contributed by atoms with Crippen LogP contribution < -0.4 is 16.8 Å². The molecular formula is C11H13N5O3S. The highest BCUT2D eigenvalue weighted by Gasteiger charge is 2.22. The molecule has 20 heavy (non-hydrogen) atoms. The van der Waals surface area contributed by atoms with Crippen molar-refractivity contribution in [2.24, 2.45) is 5.73 Å². The summed E-state index contributed by atoms with van der Waals surface area (Å²) in [5.41, 5.74) is 11.3. The van der Waals surface area contributed by atoms with Crippen LogP contribution in [0.5, 0.6) is 0 Å². The topological polar surface area (TPSA) is 137 Å². The summed E-state index contributed by atoms with van der Waals surface area (Å²) < 4.78 is 4.94. The fraction of sp³-hybridized carbons (Fsp3) is 0.273. The summed E-state index contributed by atoms with van der Waals surface area (Å²) in [5, 5.41) is 6.99. The molecule has 1 amide bonds. The molecule has 0 atom stereocenters. The van der Waals surface area contributed by atoms with Crippen molar-refractivity contribution in [1.82, 2.24) is 10.1 Å². The van der Waals surface area contributed by atoms with E-state index in [2.05, 4.69) is 15.5 Å². The predicted molar refractivity (Wildman–Crippen MR) is 73.6 cm³/mol. The van der Waals surface area contributed by atoms with Crippen molar-refractivity contribution >= 4 is 33.7 Å². The summed E-state index contributed by atoms with van der Waals surface area (Å²) >= 11 is 1.07. The monoisotopic (exact) mass is 295 g/mol. The molecule has 0 aliphatic carbocycles. The Balaban J connectivity index is 2.28. The van der Waals surface area contributed by atoms with Gasteiger partial charge in [-0.05, 0) is 6.92 Å². The van der Waals surface area contributed by atoms with Crippen LogP contribution in [0.15, 0.2) is 4.52 Å². The summed E-state index contributed by atoms with van der Waals surface area (Å²) in [6, 6.07) is 0. The average molecular weight is 295 g/mol. The number of aromatic nitrogens is 2. The Morgan fingerprint density at radius 1 is 1.45 bits per heavy atom. The Morgan fingerprint density at radius 2 is 2.15 bits per heavy atom. The van der Waals surface area contributed by atoms with E-state index in [4.69, 9.17) is 16.0 Å². The van der Waals surface area contributed by atoms with Crippen LogP contribution in [-0.2, 0) is 6.54 Å². The molecule has 2 rings (SSSR count). The van der Waals surface area contributed by atoms with Gasteiger partial charge in [0, 0.05) is 6.92 Å². The first kappa shape index (κ1) is 14.0. The van der Waals surface area contributed by atoms with Crippen LogP contribution in [0.2, 0.25) is 0 Å². The zero-order valence-corrected chi connectivity index (χ0v) is 11.7. The molecule has 0 bridgehead atoms. The smallest absolute Gasteiger partial charge is 0.253 e. The molecule has 0 fully saturated rings. The molecule has 2 aromatic rings. The number of anilines is 2. The number of amides is 1. The van der Waals surface area contributed by atoms with E-state index in [0.29, 0.717) is 21.6 Å². The number of primary amides is 1. The first-order valence-corrected chi connectivity index (χ1v) is 6.47. The molecular weight excluding hydrogens is 282 g/mol. The van der Waals surface area contributed by atoms with Gasteiger partial charge in [0.25, 0.3) is 5.91 Å². The molecule has 0 aromatic carbocycles. The number of hydrogen-bond donors (Lipinski definition) is 3. The molecule has 0 saturated carbocycles. The largest absolute Gasteiger partial charge is 0.397 e. The maximum atomic E-state index is 11.4. The van der Waals surface area contributed by atoms with Gasteiger partial charge in [-0.25, -0.2) is 0 Å². The zero-order chi connectivity index (χ0) is 14.9. The number of hydrogen-bond acceptors (Lipinski definition) is 8. The molecule has 9 heteroatoms. The first-order chi connectivity index (χ1) is 9.40. The van der Waals surface area contributed by atoms with Crippen LogP contribution in [0.4, 0.5) is 10.7 Å². The number of rotatable bonds is 5. The Morgan fingerprint density at radius 3 is 2.65 bits per heavy atom. The minimum Gasteiger partial charge on any atom is -0.397 e. The highest BCUT2D eigenvalue weighted by molar-refractivity contribution is 7.19. The number of carbonyl (C=O) groups excluding carboxylic acids is 2. The van der Waals surface area contributed by atoms with Crippen molar-refractivity contribution in [3.8, 4) is 0 Å². The minimum atomic E-state index is -0.699. The lowest BCUT2D eigenvalue weighted by atomic mass is 10.2.